The van der Waals surface area contributed by atoms with Gasteiger partial charge in [-0.15, -0.1) is 10.2 Å². The SMILES string of the molecule is CC(Sc1nnc(C(C)N(C)C)n1-c1ccc(F)cc1)C(=O)Nc1ccc(Cl)cc1. The van der Waals surface area contributed by atoms with Gasteiger partial charge in [-0.1, -0.05) is 23.4 Å². The van der Waals surface area contributed by atoms with Gasteiger partial charge >= 0.3 is 0 Å². The molecule has 0 saturated carbocycles. The van der Waals surface area contributed by atoms with Gasteiger partial charge in [-0.3, -0.25) is 14.3 Å². The zero-order valence-electron chi connectivity index (χ0n) is 17.1. The lowest BCUT2D eigenvalue weighted by Crippen LogP contribution is -2.23. The molecule has 3 rings (SSSR count). The number of carbonyl (C=O) groups excluding carboxylic acids is 1. The van der Waals surface area contributed by atoms with Crippen LogP contribution in [-0.4, -0.2) is 44.9 Å². The number of halogens is 2. The molecule has 0 spiro atoms. The van der Waals surface area contributed by atoms with E-state index in [9.17, 15) is 9.18 Å². The number of hydrogen-bond donors (Lipinski definition) is 1. The predicted molar refractivity (Wildman–Crippen MR) is 119 cm³/mol. The smallest absolute Gasteiger partial charge is 0.237 e. The number of hydrogen-bond acceptors (Lipinski definition) is 5. The third-order valence-corrected chi connectivity index (χ3v) is 5.95. The fourth-order valence-corrected chi connectivity index (χ4v) is 3.68. The Labute approximate surface area is 184 Å². The van der Waals surface area contributed by atoms with Gasteiger partial charge in [0.25, 0.3) is 0 Å². The minimum absolute atomic E-state index is 0.0323. The molecule has 158 valence electrons. The number of aromatic nitrogens is 3. The molecule has 3 aromatic rings. The number of anilines is 1. The molecule has 1 amide bonds. The van der Waals surface area contributed by atoms with Crippen molar-refractivity contribution in [1.82, 2.24) is 19.7 Å². The van der Waals surface area contributed by atoms with E-state index >= 15 is 0 Å². The number of nitrogens with one attached hydrogen (secondary N) is 1. The van der Waals surface area contributed by atoms with Crippen LogP contribution in [0.5, 0.6) is 0 Å². The summed E-state index contributed by atoms with van der Waals surface area (Å²) in [6.45, 7) is 3.81. The third-order valence-electron chi connectivity index (χ3n) is 4.65. The Balaban J connectivity index is 1.86. The highest BCUT2D eigenvalue weighted by Gasteiger charge is 2.24. The Bertz CT molecular complexity index is 1010. The van der Waals surface area contributed by atoms with E-state index in [-0.39, 0.29) is 17.8 Å². The summed E-state index contributed by atoms with van der Waals surface area (Å²) < 4.78 is 15.3. The molecule has 0 aliphatic rings. The number of nitrogens with zero attached hydrogens (tertiary/aromatic N) is 4. The molecule has 30 heavy (non-hydrogen) atoms. The maximum Gasteiger partial charge on any atom is 0.237 e. The summed E-state index contributed by atoms with van der Waals surface area (Å²) in [7, 11) is 3.90. The van der Waals surface area contributed by atoms with Gasteiger partial charge in [-0.2, -0.15) is 0 Å². The molecule has 0 radical (unpaired) electrons. The summed E-state index contributed by atoms with van der Waals surface area (Å²) in [5, 5.41) is 12.3. The third kappa shape index (κ3) is 5.19. The van der Waals surface area contributed by atoms with E-state index in [1.54, 1.807) is 43.3 Å². The van der Waals surface area contributed by atoms with Crippen LogP contribution in [0.15, 0.2) is 53.7 Å². The van der Waals surface area contributed by atoms with Crippen LogP contribution in [0.4, 0.5) is 10.1 Å². The topological polar surface area (TPSA) is 63.1 Å². The quantitative estimate of drug-likeness (QED) is 0.527. The summed E-state index contributed by atoms with van der Waals surface area (Å²) in [5.41, 5.74) is 1.40. The molecule has 1 heterocycles. The van der Waals surface area contributed by atoms with Crippen molar-refractivity contribution < 1.29 is 9.18 Å². The summed E-state index contributed by atoms with van der Waals surface area (Å²) in [4.78, 5) is 14.7. The van der Waals surface area contributed by atoms with Gasteiger partial charge in [0.15, 0.2) is 11.0 Å². The maximum atomic E-state index is 13.4. The van der Waals surface area contributed by atoms with E-state index in [2.05, 4.69) is 15.5 Å². The van der Waals surface area contributed by atoms with Gasteiger partial charge in [-0.05, 0) is 76.5 Å². The summed E-state index contributed by atoms with van der Waals surface area (Å²) >= 11 is 7.18. The first-order chi connectivity index (χ1) is 14.3. The highest BCUT2D eigenvalue weighted by atomic mass is 35.5. The molecule has 2 unspecified atom stereocenters. The van der Waals surface area contributed by atoms with E-state index < -0.39 is 5.25 Å². The zero-order valence-corrected chi connectivity index (χ0v) is 18.7. The van der Waals surface area contributed by atoms with Gasteiger partial charge in [0.1, 0.15) is 5.82 Å². The van der Waals surface area contributed by atoms with Gasteiger partial charge < -0.3 is 5.32 Å². The molecular weight excluding hydrogens is 425 g/mol. The minimum atomic E-state index is -0.438. The molecule has 1 N–H and O–H groups in total. The number of amides is 1. The Morgan fingerprint density at radius 2 is 1.73 bits per heavy atom. The monoisotopic (exact) mass is 447 g/mol. The number of thioether (sulfide) groups is 1. The predicted octanol–water partition coefficient (Wildman–Crippen LogP) is 4.80. The molecule has 2 aromatic carbocycles. The molecule has 0 aliphatic heterocycles. The molecule has 0 aliphatic carbocycles. The summed E-state index contributed by atoms with van der Waals surface area (Å²) in [5.74, 6) is 0.219. The van der Waals surface area contributed by atoms with Crippen LogP contribution in [0.1, 0.15) is 25.7 Å². The Morgan fingerprint density at radius 1 is 1.10 bits per heavy atom. The lowest BCUT2D eigenvalue weighted by Gasteiger charge is -2.21. The molecule has 2 atom stereocenters. The largest absolute Gasteiger partial charge is 0.325 e. The van der Waals surface area contributed by atoms with Crippen LogP contribution in [0.2, 0.25) is 5.02 Å². The second-order valence-corrected chi connectivity index (χ2v) is 8.79. The van der Waals surface area contributed by atoms with Crippen molar-refractivity contribution in [2.45, 2.75) is 30.3 Å². The van der Waals surface area contributed by atoms with Crippen molar-refractivity contribution in [3.63, 3.8) is 0 Å². The highest BCUT2D eigenvalue weighted by Crippen LogP contribution is 2.29. The second-order valence-electron chi connectivity index (χ2n) is 7.05. The van der Waals surface area contributed by atoms with E-state index in [0.29, 0.717) is 21.7 Å². The van der Waals surface area contributed by atoms with Gasteiger partial charge in [-0.25, -0.2) is 4.39 Å². The maximum absolute atomic E-state index is 13.4. The second kappa shape index (κ2) is 9.59. The van der Waals surface area contributed by atoms with Crippen molar-refractivity contribution in [2.75, 3.05) is 19.4 Å². The minimum Gasteiger partial charge on any atom is -0.325 e. The van der Waals surface area contributed by atoms with Crippen molar-refractivity contribution in [2.24, 2.45) is 0 Å². The first kappa shape index (κ1) is 22.3. The average molecular weight is 448 g/mol. The van der Waals surface area contributed by atoms with Crippen molar-refractivity contribution in [3.8, 4) is 5.69 Å². The van der Waals surface area contributed by atoms with Crippen LogP contribution >= 0.6 is 23.4 Å². The van der Waals surface area contributed by atoms with Crippen LogP contribution in [0, 0.1) is 5.82 Å². The highest BCUT2D eigenvalue weighted by molar-refractivity contribution is 8.00. The molecule has 9 heteroatoms. The first-order valence-corrected chi connectivity index (χ1v) is 10.6. The fourth-order valence-electron chi connectivity index (χ4n) is 2.68. The fraction of sp³-hybridized carbons (Fsp3) is 0.286. The first-order valence-electron chi connectivity index (χ1n) is 9.37. The lowest BCUT2D eigenvalue weighted by atomic mass is 10.2. The summed E-state index contributed by atoms with van der Waals surface area (Å²) in [6, 6.07) is 13.0. The molecule has 1 aromatic heterocycles. The molecule has 0 saturated heterocycles. The summed E-state index contributed by atoms with van der Waals surface area (Å²) in [6.07, 6.45) is 0. The standard InChI is InChI=1S/C21H23ClFN5OS/c1-13(27(3)4)19-25-26-21(28(19)18-11-7-16(23)8-12-18)30-14(2)20(29)24-17-9-5-15(22)6-10-17/h5-14H,1-4H3,(H,24,29). The van der Waals surface area contributed by atoms with Crippen molar-refractivity contribution in [3.05, 3.63) is 65.2 Å². The molecule has 0 fully saturated rings. The van der Waals surface area contributed by atoms with Crippen LogP contribution in [0.3, 0.4) is 0 Å². The van der Waals surface area contributed by atoms with Gasteiger partial charge in [0, 0.05) is 16.4 Å². The van der Waals surface area contributed by atoms with E-state index in [0.717, 1.165) is 5.69 Å². The average Bonchev–Trinajstić information content (AvgIpc) is 3.12. The molecular formula is C21H23ClFN5OS. The molecule has 6 nitrogen and oxygen atoms in total. The number of carbonyl (C=O) groups is 1. The number of benzene rings is 2. The Hall–Kier alpha value is -2.42. The van der Waals surface area contributed by atoms with Crippen molar-refractivity contribution >= 4 is 35.0 Å². The van der Waals surface area contributed by atoms with Crippen LogP contribution in [-0.2, 0) is 4.79 Å². The van der Waals surface area contributed by atoms with Gasteiger partial charge in [0.05, 0.1) is 11.3 Å². The van der Waals surface area contributed by atoms with E-state index in [4.69, 9.17) is 11.6 Å². The van der Waals surface area contributed by atoms with E-state index in [1.165, 1.54) is 23.9 Å². The van der Waals surface area contributed by atoms with Crippen LogP contribution < -0.4 is 5.32 Å². The Kier molecular flexibility index (Phi) is 7.12. The normalized spacial score (nSPS) is 13.3. The zero-order chi connectivity index (χ0) is 21.8. The van der Waals surface area contributed by atoms with Crippen LogP contribution in [0.25, 0.3) is 5.69 Å². The van der Waals surface area contributed by atoms with Crippen molar-refractivity contribution in [1.29, 1.82) is 0 Å². The van der Waals surface area contributed by atoms with E-state index in [1.807, 2.05) is 30.5 Å². The number of rotatable bonds is 7. The lowest BCUT2D eigenvalue weighted by molar-refractivity contribution is -0.115. The van der Waals surface area contributed by atoms with Gasteiger partial charge in [0.2, 0.25) is 5.91 Å². The molecule has 0 bridgehead atoms. The Morgan fingerprint density at radius 3 is 2.33 bits per heavy atom.